The van der Waals surface area contributed by atoms with Gasteiger partial charge in [-0.15, -0.1) is 22.7 Å². The van der Waals surface area contributed by atoms with Crippen LogP contribution in [-0.4, -0.2) is 93.3 Å². The lowest BCUT2D eigenvalue weighted by atomic mass is 10.0. The second-order valence-electron chi connectivity index (χ2n) is 9.50. The maximum absolute atomic E-state index is 13.7. The van der Waals surface area contributed by atoms with Crippen LogP contribution < -0.4 is 0 Å². The maximum atomic E-state index is 13.7. The lowest BCUT2D eigenvalue weighted by Crippen LogP contribution is -2.61. The molecule has 214 valence electrons. The van der Waals surface area contributed by atoms with Crippen LogP contribution in [0.3, 0.4) is 0 Å². The van der Waals surface area contributed by atoms with Gasteiger partial charge in [0.1, 0.15) is 12.6 Å². The molecule has 0 aliphatic carbocycles. The third-order valence-electron chi connectivity index (χ3n) is 6.76. The molecule has 1 unspecified atom stereocenters. The van der Waals surface area contributed by atoms with Crippen LogP contribution in [0.5, 0.6) is 0 Å². The largest absolute Gasteiger partial charge is 0.465 e. The van der Waals surface area contributed by atoms with Gasteiger partial charge in [-0.25, -0.2) is 4.98 Å². The summed E-state index contributed by atoms with van der Waals surface area (Å²) in [5.41, 5.74) is 0. The molecular formula is C28H35N5O5S2. The van der Waals surface area contributed by atoms with Crippen molar-refractivity contribution >= 4 is 46.4 Å². The van der Waals surface area contributed by atoms with Gasteiger partial charge in [0, 0.05) is 48.3 Å². The van der Waals surface area contributed by atoms with Gasteiger partial charge in [-0.05, 0) is 49.1 Å². The van der Waals surface area contributed by atoms with Crippen LogP contribution in [-0.2, 0) is 43.3 Å². The van der Waals surface area contributed by atoms with E-state index in [-0.39, 0.29) is 43.8 Å². The average Bonchev–Trinajstić information content (AvgIpc) is 3.73. The second-order valence-corrected chi connectivity index (χ2v) is 11.6. The topological polar surface area (TPSA) is 105 Å². The number of hydrogen-bond donors (Lipinski definition) is 0. The van der Waals surface area contributed by atoms with Crippen molar-refractivity contribution in [1.29, 1.82) is 0 Å². The van der Waals surface area contributed by atoms with Crippen LogP contribution in [0, 0.1) is 0 Å². The SMILES string of the molecule is CCOC(=O)CN(CCCn1ccnc1)C(=O)CC1C(=O)N(CCc2cccs2)CC(=O)N1CCc1cccs1. The van der Waals surface area contributed by atoms with E-state index in [0.717, 1.165) is 9.75 Å². The van der Waals surface area contributed by atoms with E-state index in [1.807, 2.05) is 45.8 Å². The van der Waals surface area contributed by atoms with Crippen molar-refractivity contribution in [3.05, 3.63) is 63.5 Å². The summed E-state index contributed by atoms with van der Waals surface area (Å²) in [5.74, 6) is -1.26. The molecule has 1 saturated heterocycles. The summed E-state index contributed by atoms with van der Waals surface area (Å²) in [6.07, 6.45) is 6.87. The van der Waals surface area contributed by atoms with Gasteiger partial charge in [0.25, 0.3) is 0 Å². The first-order valence-corrected chi connectivity index (χ1v) is 15.2. The van der Waals surface area contributed by atoms with E-state index in [1.54, 1.807) is 51.9 Å². The Morgan fingerprint density at radius 1 is 1.07 bits per heavy atom. The van der Waals surface area contributed by atoms with Crippen molar-refractivity contribution in [3.63, 3.8) is 0 Å². The van der Waals surface area contributed by atoms with E-state index < -0.39 is 12.0 Å². The Labute approximate surface area is 242 Å². The molecule has 12 heteroatoms. The summed E-state index contributed by atoms with van der Waals surface area (Å²) < 4.78 is 7.00. The minimum absolute atomic E-state index is 0.00319. The van der Waals surface area contributed by atoms with Crippen molar-refractivity contribution in [2.24, 2.45) is 0 Å². The lowest BCUT2D eigenvalue weighted by Gasteiger charge is -2.40. The summed E-state index contributed by atoms with van der Waals surface area (Å²) in [4.78, 5) is 63.8. The summed E-state index contributed by atoms with van der Waals surface area (Å²) in [6.45, 7) is 3.40. The van der Waals surface area contributed by atoms with Gasteiger partial charge >= 0.3 is 5.97 Å². The first kappa shape index (κ1) is 29.5. The second kappa shape index (κ2) is 14.8. The van der Waals surface area contributed by atoms with Crippen molar-refractivity contribution in [1.82, 2.24) is 24.3 Å². The van der Waals surface area contributed by atoms with Crippen LogP contribution >= 0.6 is 22.7 Å². The molecule has 4 heterocycles. The fourth-order valence-electron chi connectivity index (χ4n) is 4.71. The highest BCUT2D eigenvalue weighted by atomic mass is 32.1. The smallest absolute Gasteiger partial charge is 0.325 e. The van der Waals surface area contributed by atoms with Gasteiger partial charge in [-0.3, -0.25) is 19.2 Å². The molecule has 0 aromatic carbocycles. The van der Waals surface area contributed by atoms with Gasteiger partial charge in [0.05, 0.1) is 25.9 Å². The zero-order chi connectivity index (χ0) is 28.3. The van der Waals surface area contributed by atoms with E-state index in [4.69, 9.17) is 4.74 Å². The summed E-state index contributed by atoms with van der Waals surface area (Å²) in [5, 5.41) is 3.96. The van der Waals surface area contributed by atoms with Gasteiger partial charge < -0.3 is 24.0 Å². The molecule has 0 spiro atoms. The highest BCUT2D eigenvalue weighted by molar-refractivity contribution is 7.10. The fourth-order valence-corrected chi connectivity index (χ4v) is 6.11. The predicted molar refractivity (Wildman–Crippen MR) is 153 cm³/mol. The highest BCUT2D eigenvalue weighted by Gasteiger charge is 2.41. The number of aryl methyl sites for hydroxylation is 1. The molecule has 3 aromatic rings. The molecule has 1 atom stereocenters. The first-order valence-electron chi connectivity index (χ1n) is 13.5. The molecule has 0 N–H and O–H groups in total. The number of imidazole rings is 1. The Morgan fingerprint density at radius 3 is 2.42 bits per heavy atom. The summed E-state index contributed by atoms with van der Waals surface area (Å²) >= 11 is 3.20. The van der Waals surface area contributed by atoms with E-state index in [1.165, 1.54) is 4.90 Å². The monoisotopic (exact) mass is 585 g/mol. The van der Waals surface area contributed by atoms with E-state index >= 15 is 0 Å². The number of amides is 3. The molecule has 40 heavy (non-hydrogen) atoms. The number of rotatable bonds is 15. The van der Waals surface area contributed by atoms with Crippen molar-refractivity contribution in [3.8, 4) is 0 Å². The number of hydrogen-bond acceptors (Lipinski definition) is 8. The molecule has 3 aromatic heterocycles. The van der Waals surface area contributed by atoms with Crippen molar-refractivity contribution in [2.45, 2.75) is 45.2 Å². The van der Waals surface area contributed by atoms with Crippen LogP contribution in [0.4, 0.5) is 0 Å². The van der Waals surface area contributed by atoms with Crippen molar-refractivity contribution in [2.75, 3.05) is 39.3 Å². The van der Waals surface area contributed by atoms with E-state index in [9.17, 15) is 19.2 Å². The average molecular weight is 586 g/mol. The molecule has 1 fully saturated rings. The molecule has 0 saturated carbocycles. The number of thiophene rings is 2. The number of carbonyl (C=O) groups excluding carboxylic acids is 4. The Hall–Kier alpha value is -3.51. The summed E-state index contributed by atoms with van der Waals surface area (Å²) in [6, 6.07) is 6.99. The first-order chi connectivity index (χ1) is 19.4. The molecular weight excluding hydrogens is 550 g/mol. The zero-order valence-corrected chi connectivity index (χ0v) is 24.3. The lowest BCUT2D eigenvalue weighted by molar-refractivity contribution is -0.158. The quantitative estimate of drug-likeness (QED) is 0.254. The number of ether oxygens (including phenoxy) is 1. The number of esters is 1. The van der Waals surface area contributed by atoms with Crippen LogP contribution in [0.15, 0.2) is 53.7 Å². The standard InChI is InChI=1S/C28H35N5O5S2/c1-2-38-27(36)20-31(12-5-11-30-15-10-29-21-30)25(34)18-24-28(37)32(13-8-22-6-3-16-39-22)19-26(35)33(24)14-9-23-7-4-17-40-23/h3-4,6-7,10,15-17,21,24H,2,5,8-9,11-14,18-20H2,1H3. The zero-order valence-electron chi connectivity index (χ0n) is 22.6. The number of carbonyl (C=O) groups is 4. The van der Waals surface area contributed by atoms with Crippen LogP contribution in [0.25, 0.3) is 0 Å². The predicted octanol–water partition coefficient (Wildman–Crippen LogP) is 2.70. The molecule has 1 aliphatic heterocycles. The Balaban J connectivity index is 1.48. The molecule has 0 radical (unpaired) electrons. The Kier molecular flexibility index (Phi) is 10.9. The van der Waals surface area contributed by atoms with Gasteiger partial charge in [-0.2, -0.15) is 0 Å². The van der Waals surface area contributed by atoms with Gasteiger partial charge in [0.2, 0.25) is 17.7 Å². The summed E-state index contributed by atoms with van der Waals surface area (Å²) in [7, 11) is 0. The number of nitrogens with zero attached hydrogens (tertiary/aromatic N) is 5. The fraction of sp³-hybridized carbons (Fsp3) is 0.464. The van der Waals surface area contributed by atoms with Gasteiger partial charge in [0.15, 0.2) is 0 Å². The minimum atomic E-state index is -0.921. The molecule has 3 amide bonds. The molecule has 4 rings (SSSR count). The van der Waals surface area contributed by atoms with Gasteiger partial charge in [-0.1, -0.05) is 12.1 Å². The van der Waals surface area contributed by atoms with Crippen LogP contribution in [0.1, 0.15) is 29.5 Å². The Morgan fingerprint density at radius 2 is 1.80 bits per heavy atom. The number of aromatic nitrogens is 2. The number of piperazine rings is 1. The third-order valence-corrected chi connectivity index (χ3v) is 8.63. The third kappa shape index (κ3) is 8.25. The minimum Gasteiger partial charge on any atom is -0.465 e. The van der Waals surface area contributed by atoms with E-state index in [2.05, 4.69) is 4.98 Å². The van der Waals surface area contributed by atoms with Crippen molar-refractivity contribution < 1.29 is 23.9 Å². The molecule has 1 aliphatic rings. The maximum Gasteiger partial charge on any atom is 0.325 e. The van der Waals surface area contributed by atoms with Crippen LogP contribution in [0.2, 0.25) is 0 Å². The normalized spacial score (nSPS) is 15.5. The highest BCUT2D eigenvalue weighted by Crippen LogP contribution is 2.21. The van der Waals surface area contributed by atoms with E-state index in [0.29, 0.717) is 45.4 Å². The Bertz CT molecular complexity index is 1230. The molecule has 10 nitrogen and oxygen atoms in total. The molecule has 0 bridgehead atoms.